The van der Waals surface area contributed by atoms with Gasteiger partial charge in [0.1, 0.15) is 5.75 Å². The van der Waals surface area contributed by atoms with Gasteiger partial charge in [0, 0.05) is 19.2 Å². The highest BCUT2D eigenvalue weighted by molar-refractivity contribution is 5.94. The molecule has 1 N–H and O–H groups in total. The Balaban J connectivity index is 1.64. The first-order valence-electron chi connectivity index (χ1n) is 8.81. The molecule has 0 spiro atoms. The van der Waals surface area contributed by atoms with Gasteiger partial charge in [0.15, 0.2) is 0 Å². The SMILES string of the molecule is COc1cccc(C(CNC(=O)c2ccc(-c3ccccc3)cc2)OC)c1. The zero-order valence-electron chi connectivity index (χ0n) is 15.5. The van der Waals surface area contributed by atoms with E-state index in [0.29, 0.717) is 12.1 Å². The van der Waals surface area contributed by atoms with Crippen LogP contribution in [0, 0.1) is 0 Å². The van der Waals surface area contributed by atoms with Crippen molar-refractivity contribution < 1.29 is 14.3 Å². The first-order chi connectivity index (χ1) is 13.2. The highest BCUT2D eigenvalue weighted by Gasteiger charge is 2.14. The average molecular weight is 361 g/mol. The molecule has 1 atom stereocenters. The molecule has 4 heteroatoms. The van der Waals surface area contributed by atoms with E-state index in [1.165, 1.54) is 0 Å². The van der Waals surface area contributed by atoms with Crippen LogP contribution < -0.4 is 10.1 Å². The second-order valence-corrected chi connectivity index (χ2v) is 6.15. The molecule has 4 nitrogen and oxygen atoms in total. The predicted octanol–water partition coefficient (Wildman–Crippen LogP) is 4.48. The van der Waals surface area contributed by atoms with Crippen molar-refractivity contribution in [1.29, 1.82) is 0 Å². The summed E-state index contributed by atoms with van der Waals surface area (Å²) < 4.78 is 10.8. The first kappa shape index (κ1) is 18.7. The molecule has 0 fully saturated rings. The van der Waals surface area contributed by atoms with Crippen molar-refractivity contribution >= 4 is 5.91 Å². The third-order valence-corrected chi connectivity index (χ3v) is 4.45. The minimum Gasteiger partial charge on any atom is -0.497 e. The molecule has 1 amide bonds. The van der Waals surface area contributed by atoms with Crippen molar-refractivity contribution in [3.05, 3.63) is 90.0 Å². The number of carbonyl (C=O) groups excluding carboxylic acids is 1. The van der Waals surface area contributed by atoms with Crippen LogP contribution in [0.15, 0.2) is 78.9 Å². The Hall–Kier alpha value is -3.11. The van der Waals surface area contributed by atoms with Crippen LogP contribution >= 0.6 is 0 Å². The number of benzene rings is 3. The number of ether oxygens (including phenoxy) is 2. The van der Waals surface area contributed by atoms with E-state index in [9.17, 15) is 4.79 Å². The lowest BCUT2D eigenvalue weighted by atomic mass is 10.0. The van der Waals surface area contributed by atoms with E-state index < -0.39 is 0 Å². The number of hydrogen-bond donors (Lipinski definition) is 1. The normalized spacial score (nSPS) is 11.6. The van der Waals surface area contributed by atoms with Crippen LogP contribution in [0.5, 0.6) is 5.75 Å². The van der Waals surface area contributed by atoms with Gasteiger partial charge in [-0.1, -0.05) is 54.6 Å². The van der Waals surface area contributed by atoms with Gasteiger partial charge in [0.05, 0.1) is 13.2 Å². The molecule has 0 heterocycles. The molecule has 0 radical (unpaired) electrons. The Bertz CT molecular complexity index is 876. The lowest BCUT2D eigenvalue weighted by molar-refractivity contribution is 0.0827. The van der Waals surface area contributed by atoms with Crippen LogP contribution in [0.25, 0.3) is 11.1 Å². The Labute approximate surface area is 159 Å². The molecule has 0 aliphatic carbocycles. The standard InChI is InChI=1S/C23H23NO3/c1-26-21-10-6-9-20(15-21)22(27-2)16-24-23(25)19-13-11-18(12-14-19)17-7-4-3-5-8-17/h3-15,22H,16H2,1-2H3,(H,24,25). The molecule has 0 saturated heterocycles. The van der Waals surface area contributed by atoms with Gasteiger partial charge in [-0.3, -0.25) is 4.79 Å². The van der Waals surface area contributed by atoms with Crippen molar-refractivity contribution in [2.75, 3.05) is 20.8 Å². The summed E-state index contributed by atoms with van der Waals surface area (Å²) in [5, 5.41) is 2.94. The number of rotatable bonds is 7. The Morgan fingerprint density at radius 3 is 2.26 bits per heavy atom. The van der Waals surface area contributed by atoms with Gasteiger partial charge in [-0.05, 0) is 41.0 Å². The highest BCUT2D eigenvalue weighted by atomic mass is 16.5. The minimum atomic E-state index is -0.243. The lowest BCUT2D eigenvalue weighted by Crippen LogP contribution is -2.29. The van der Waals surface area contributed by atoms with Crippen LogP contribution in [-0.4, -0.2) is 26.7 Å². The van der Waals surface area contributed by atoms with Crippen molar-refractivity contribution in [2.45, 2.75) is 6.10 Å². The predicted molar refractivity (Wildman–Crippen MR) is 107 cm³/mol. The summed E-state index contributed by atoms with van der Waals surface area (Å²) in [4.78, 5) is 12.5. The number of carbonyl (C=O) groups is 1. The van der Waals surface area contributed by atoms with Crippen LogP contribution in [0.4, 0.5) is 0 Å². The fraction of sp³-hybridized carbons (Fsp3) is 0.174. The molecule has 3 rings (SSSR count). The number of methoxy groups -OCH3 is 2. The molecule has 27 heavy (non-hydrogen) atoms. The van der Waals surface area contributed by atoms with E-state index in [0.717, 1.165) is 22.4 Å². The van der Waals surface area contributed by atoms with Gasteiger partial charge in [0.2, 0.25) is 0 Å². The summed E-state index contributed by atoms with van der Waals surface area (Å²) >= 11 is 0. The van der Waals surface area contributed by atoms with Crippen molar-refractivity contribution in [2.24, 2.45) is 0 Å². The molecule has 0 saturated carbocycles. The van der Waals surface area contributed by atoms with Crippen molar-refractivity contribution in [3.8, 4) is 16.9 Å². The van der Waals surface area contributed by atoms with Gasteiger partial charge in [0.25, 0.3) is 5.91 Å². The van der Waals surface area contributed by atoms with Crippen LogP contribution in [0.3, 0.4) is 0 Å². The summed E-state index contributed by atoms with van der Waals surface area (Å²) in [6.07, 6.45) is -0.243. The second kappa shape index (κ2) is 9.01. The van der Waals surface area contributed by atoms with Gasteiger partial charge in [-0.15, -0.1) is 0 Å². The summed E-state index contributed by atoms with van der Waals surface area (Å²) in [5.41, 5.74) is 3.78. The molecular weight excluding hydrogens is 338 g/mol. The topological polar surface area (TPSA) is 47.6 Å². The maximum Gasteiger partial charge on any atom is 0.251 e. The maximum absolute atomic E-state index is 12.5. The quantitative estimate of drug-likeness (QED) is 0.675. The van der Waals surface area contributed by atoms with Crippen molar-refractivity contribution in [3.63, 3.8) is 0 Å². The minimum absolute atomic E-state index is 0.125. The van der Waals surface area contributed by atoms with E-state index >= 15 is 0 Å². The van der Waals surface area contributed by atoms with Crippen LogP contribution in [0.1, 0.15) is 22.0 Å². The largest absolute Gasteiger partial charge is 0.497 e. The summed E-state index contributed by atoms with van der Waals surface area (Å²) in [6.45, 7) is 0.378. The monoisotopic (exact) mass is 361 g/mol. The molecule has 0 bridgehead atoms. The number of amides is 1. The van der Waals surface area contributed by atoms with Gasteiger partial charge in [-0.25, -0.2) is 0 Å². The molecule has 138 valence electrons. The Morgan fingerprint density at radius 1 is 0.889 bits per heavy atom. The fourth-order valence-corrected chi connectivity index (χ4v) is 2.91. The summed E-state index contributed by atoms with van der Waals surface area (Å²) in [5.74, 6) is 0.636. The van der Waals surface area contributed by atoms with Gasteiger partial charge < -0.3 is 14.8 Å². The van der Waals surface area contributed by atoms with E-state index in [-0.39, 0.29) is 12.0 Å². The Kier molecular flexibility index (Phi) is 6.23. The van der Waals surface area contributed by atoms with Crippen molar-refractivity contribution in [1.82, 2.24) is 5.32 Å². The van der Waals surface area contributed by atoms with E-state index in [1.54, 1.807) is 14.2 Å². The Morgan fingerprint density at radius 2 is 1.59 bits per heavy atom. The van der Waals surface area contributed by atoms with E-state index in [4.69, 9.17) is 9.47 Å². The molecular formula is C23H23NO3. The third kappa shape index (κ3) is 4.74. The van der Waals surface area contributed by atoms with E-state index in [2.05, 4.69) is 5.32 Å². The van der Waals surface area contributed by atoms with Gasteiger partial charge >= 0.3 is 0 Å². The lowest BCUT2D eigenvalue weighted by Gasteiger charge is -2.17. The summed E-state index contributed by atoms with van der Waals surface area (Å²) in [6, 6.07) is 25.3. The zero-order valence-corrected chi connectivity index (χ0v) is 15.5. The molecule has 0 aliphatic heterocycles. The third-order valence-electron chi connectivity index (χ3n) is 4.45. The molecule has 0 aromatic heterocycles. The molecule has 0 aliphatic rings. The average Bonchev–Trinajstić information content (AvgIpc) is 2.75. The smallest absolute Gasteiger partial charge is 0.251 e. The van der Waals surface area contributed by atoms with Crippen LogP contribution in [-0.2, 0) is 4.74 Å². The summed E-state index contributed by atoms with van der Waals surface area (Å²) in [7, 11) is 3.26. The van der Waals surface area contributed by atoms with Gasteiger partial charge in [-0.2, -0.15) is 0 Å². The maximum atomic E-state index is 12.5. The molecule has 3 aromatic rings. The first-order valence-corrected chi connectivity index (χ1v) is 8.81. The van der Waals surface area contributed by atoms with E-state index in [1.807, 2.05) is 78.9 Å². The fourth-order valence-electron chi connectivity index (χ4n) is 2.91. The molecule has 1 unspecified atom stereocenters. The zero-order chi connectivity index (χ0) is 19.1. The number of nitrogens with one attached hydrogen (secondary N) is 1. The van der Waals surface area contributed by atoms with Crippen LogP contribution in [0.2, 0.25) is 0 Å². The second-order valence-electron chi connectivity index (χ2n) is 6.15. The molecule has 3 aromatic carbocycles. The number of hydrogen-bond acceptors (Lipinski definition) is 3. The highest BCUT2D eigenvalue weighted by Crippen LogP contribution is 2.22.